The molecule has 0 aromatic rings. The van der Waals surface area contributed by atoms with E-state index in [1.807, 2.05) is 0 Å². The molecule has 21 heavy (non-hydrogen) atoms. The SMILES string of the molecule is CCCOCCOCC1CCCCC1OCCOCCC. The van der Waals surface area contributed by atoms with Crippen LogP contribution in [0.3, 0.4) is 0 Å². The highest BCUT2D eigenvalue weighted by atomic mass is 16.5. The van der Waals surface area contributed by atoms with Gasteiger partial charge in [0, 0.05) is 19.1 Å². The smallest absolute Gasteiger partial charge is 0.0704 e. The summed E-state index contributed by atoms with van der Waals surface area (Å²) in [6.45, 7) is 9.53. The van der Waals surface area contributed by atoms with Crippen molar-refractivity contribution in [2.45, 2.75) is 58.5 Å². The van der Waals surface area contributed by atoms with Crippen LogP contribution >= 0.6 is 0 Å². The molecule has 0 amide bonds. The summed E-state index contributed by atoms with van der Waals surface area (Å²) in [6.07, 6.45) is 7.44. The summed E-state index contributed by atoms with van der Waals surface area (Å²) in [5, 5.41) is 0. The first-order valence-corrected chi connectivity index (χ1v) is 8.73. The largest absolute Gasteiger partial charge is 0.379 e. The van der Waals surface area contributed by atoms with Crippen molar-refractivity contribution >= 4 is 0 Å². The summed E-state index contributed by atoms with van der Waals surface area (Å²) in [6, 6.07) is 0. The van der Waals surface area contributed by atoms with Gasteiger partial charge in [-0.15, -0.1) is 0 Å². The molecule has 0 bridgehead atoms. The molecule has 4 nitrogen and oxygen atoms in total. The second kappa shape index (κ2) is 13.5. The summed E-state index contributed by atoms with van der Waals surface area (Å²) >= 11 is 0. The van der Waals surface area contributed by atoms with Crippen molar-refractivity contribution in [1.29, 1.82) is 0 Å². The zero-order valence-corrected chi connectivity index (χ0v) is 14.0. The summed E-state index contributed by atoms with van der Waals surface area (Å²) in [7, 11) is 0. The van der Waals surface area contributed by atoms with E-state index in [1.165, 1.54) is 19.3 Å². The molecule has 0 saturated heterocycles. The summed E-state index contributed by atoms with van der Waals surface area (Å²) in [4.78, 5) is 0. The predicted molar refractivity (Wildman–Crippen MR) is 84.7 cm³/mol. The van der Waals surface area contributed by atoms with E-state index in [-0.39, 0.29) is 0 Å². The lowest BCUT2D eigenvalue weighted by atomic mass is 9.87. The van der Waals surface area contributed by atoms with E-state index in [0.29, 0.717) is 38.4 Å². The highest BCUT2D eigenvalue weighted by Gasteiger charge is 2.25. The van der Waals surface area contributed by atoms with Crippen LogP contribution in [0.1, 0.15) is 52.4 Å². The van der Waals surface area contributed by atoms with Crippen LogP contribution in [0.5, 0.6) is 0 Å². The molecule has 126 valence electrons. The van der Waals surface area contributed by atoms with Gasteiger partial charge in [-0.25, -0.2) is 0 Å². The normalized spacial score (nSPS) is 22.6. The van der Waals surface area contributed by atoms with Gasteiger partial charge in [0.05, 0.1) is 39.1 Å². The van der Waals surface area contributed by atoms with Crippen LogP contribution < -0.4 is 0 Å². The molecule has 0 spiro atoms. The standard InChI is InChI=1S/C17H34O4/c1-3-9-18-11-12-20-15-16-7-5-6-8-17(16)21-14-13-19-10-4-2/h16-17H,3-15H2,1-2H3. The van der Waals surface area contributed by atoms with E-state index in [0.717, 1.165) is 39.1 Å². The van der Waals surface area contributed by atoms with Crippen LogP contribution in [0.2, 0.25) is 0 Å². The minimum absolute atomic E-state index is 0.348. The third-order valence-corrected chi connectivity index (χ3v) is 3.80. The molecule has 1 rings (SSSR count). The van der Waals surface area contributed by atoms with Crippen LogP contribution in [-0.2, 0) is 18.9 Å². The van der Waals surface area contributed by atoms with Gasteiger partial charge in [0.1, 0.15) is 0 Å². The van der Waals surface area contributed by atoms with Gasteiger partial charge in [-0.05, 0) is 25.7 Å². The average molecular weight is 302 g/mol. The van der Waals surface area contributed by atoms with Gasteiger partial charge in [0.15, 0.2) is 0 Å². The second-order valence-corrected chi connectivity index (χ2v) is 5.75. The molecule has 2 unspecified atom stereocenters. The average Bonchev–Trinajstić information content (AvgIpc) is 2.52. The lowest BCUT2D eigenvalue weighted by molar-refractivity contribution is -0.0642. The Morgan fingerprint density at radius 3 is 2.05 bits per heavy atom. The monoisotopic (exact) mass is 302 g/mol. The van der Waals surface area contributed by atoms with Crippen molar-refractivity contribution in [2.24, 2.45) is 5.92 Å². The lowest BCUT2D eigenvalue weighted by Gasteiger charge is -2.31. The first-order chi connectivity index (χ1) is 10.4. The number of rotatable bonds is 13. The number of hydrogen-bond donors (Lipinski definition) is 0. The Bertz CT molecular complexity index is 223. The molecule has 2 atom stereocenters. The number of hydrogen-bond acceptors (Lipinski definition) is 4. The number of ether oxygens (including phenoxy) is 4. The maximum absolute atomic E-state index is 6.00. The molecule has 1 aliphatic carbocycles. The zero-order valence-electron chi connectivity index (χ0n) is 14.0. The quantitative estimate of drug-likeness (QED) is 0.488. The molecule has 0 aromatic heterocycles. The van der Waals surface area contributed by atoms with E-state index in [2.05, 4.69) is 13.8 Å². The fourth-order valence-corrected chi connectivity index (χ4v) is 2.69. The van der Waals surface area contributed by atoms with Crippen LogP contribution in [0, 0.1) is 5.92 Å². The molecular weight excluding hydrogens is 268 g/mol. The van der Waals surface area contributed by atoms with Crippen LogP contribution in [0.25, 0.3) is 0 Å². The van der Waals surface area contributed by atoms with Crippen molar-refractivity contribution in [3.63, 3.8) is 0 Å². The van der Waals surface area contributed by atoms with Gasteiger partial charge >= 0.3 is 0 Å². The highest BCUT2D eigenvalue weighted by Crippen LogP contribution is 2.27. The minimum Gasteiger partial charge on any atom is -0.379 e. The maximum Gasteiger partial charge on any atom is 0.0704 e. The van der Waals surface area contributed by atoms with Gasteiger partial charge in [-0.1, -0.05) is 26.7 Å². The first kappa shape index (κ1) is 18.9. The van der Waals surface area contributed by atoms with Crippen molar-refractivity contribution in [3.8, 4) is 0 Å². The highest BCUT2D eigenvalue weighted by molar-refractivity contribution is 4.75. The minimum atomic E-state index is 0.348. The molecule has 1 fully saturated rings. The Balaban J connectivity index is 2.08. The maximum atomic E-state index is 6.00. The molecule has 4 heteroatoms. The van der Waals surface area contributed by atoms with Gasteiger partial charge in [0.25, 0.3) is 0 Å². The Kier molecular flexibility index (Phi) is 12.1. The van der Waals surface area contributed by atoms with Crippen LogP contribution in [-0.4, -0.2) is 52.4 Å². The molecule has 0 aliphatic heterocycles. The van der Waals surface area contributed by atoms with Crippen molar-refractivity contribution < 1.29 is 18.9 Å². The fourth-order valence-electron chi connectivity index (χ4n) is 2.69. The van der Waals surface area contributed by atoms with E-state index in [4.69, 9.17) is 18.9 Å². The van der Waals surface area contributed by atoms with Crippen LogP contribution in [0.15, 0.2) is 0 Å². The summed E-state index contributed by atoms with van der Waals surface area (Å²) in [5.41, 5.74) is 0. The van der Waals surface area contributed by atoms with Crippen molar-refractivity contribution in [2.75, 3.05) is 46.2 Å². The molecule has 0 N–H and O–H groups in total. The van der Waals surface area contributed by atoms with Gasteiger partial charge < -0.3 is 18.9 Å². The zero-order chi connectivity index (χ0) is 15.2. The van der Waals surface area contributed by atoms with Crippen molar-refractivity contribution in [3.05, 3.63) is 0 Å². The third-order valence-electron chi connectivity index (χ3n) is 3.80. The molecule has 0 aromatic carbocycles. The topological polar surface area (TPSA) is 36.9 Å². The molecule has 0 heterocycles. The van der Waals surface area contributed by atoms with Gasteiger partial charge in [-0.3, -0.25) is 0 Å². The fraction of sp³-hybridized carbons (Fsp3) is 1.00. The molecular formula is C17H34O4. The van der Waals surface area contributed by atoms with Crippen molar-refractivity contribution in [1.82, 2.24) is 0 Å². The molecule has 1 saturated carbocycles. The van der Waals surface area contributed by atoms with Gasteiger partial charge in [-0.2, -0.15) is 0 Å². The summed E-state index contributed by atoms with van der Waals surface area (Å²) < 4.78 is 22.7. The Morgan fingerprint density at radius 1 is 0.714 bits per heavy atom. The van der Waals surface area contributed by atoms with Crippen LogP contribution in [0.4, 0.5) is 0 Å². The predicted octanol–water partition coefficient (Wildman–Crippen LogP) is 3.43. The first-order valence-electron chi connectivity index (χ1n) is 8.73. The Morgan fingerprint density at radius 2 is 1.33 bits per heavy atom. The van der Waals surface area contributed by atoms with Gasteiger partial charge in [0.2, 0.25) is 0 Å². The Hall–Kier alpha value is -0.160. The second-order valence-electron chi connectivity index (χ2n) is 5.75. The third kappa shape index (κ3) is 9.46. The Labute approximate surface area is 130 Å². The molecule has 0 radical (unpaired) electrons. The van der Waals surface area contributed by atoms with E-state index in [9.17, 15) is 0 Å². The summed E-state index contributed by atoms with van der Waals surface area (Å²) in [5.74, 6) is 0.538. The molecule has 1 aliphatic rings. The van der Waals surface area contributed by atoms with E-state index in [1.54, 1.807) is 0 Å². The lowest BCUT2D eigenvalue weighted by Crippen LogP contribution is -2.32. The van der Waals surface area contributed by atoms with E-state index < -0.39 is 0 Å². The van der Waals surface area contributed by atoms with E-state index >= 15 is 0 Å².